The summed E-state index contributed by atoms with van der Waals surface area (Å²) in [6.45, 7) is 9.87. The van der Waals surface area contributed by atoms with Crippen molar-refractivity contribution in [3.8, 4) is 0 Å². The molecule has 0 bridgehead atoms. The predicted octanol–water partition coefficient (Wildman–Crippen LogP) is 1.76. The number of aryl methyl sites for hydroxylation is 4. The Kier molecular flexibility index (Phi) is 6.22. The van der Waals surface area contributed by atoms with E-state index in [0.717, 1.165) is 36.7 Å². The van der Waals surface area contributed by atoms with E-state index >= 15 is 0 Å². The van der Waals surface area contributed by atoms with Crippen molar-refractivity contribution in [1.29, 1.82) is 0 Å². The summed E-state index contributed by atoms with van der Waals surface area (Å²) in [6.07, 6.45) is 1.91. The molecule has 0 fully saturated rings. The smallest absolute Gasteiger partial charge is 0.191 e. The van der Waals surface area contributed by atoms with Gasteiger partial charge in [0.05, 0.1) is 11.4 Å². The van der Waals surface area contributed by atoms with Crippen molar-refractivity contribution >= 4 is 5.96 Å². The summed E-state index contributed by atoms with van der Waals surface area (Å²) >= 11 is 0. The summed E-state index contributed by atoms with van der Waals surface area (Å²) < 4.78 is 3.91. The number of nitrogens with one attached hydrogen (secondary N) is 2. The Morgan fingerprint density at radius 3 is 2.08 bits per heavy atom. The zero-order valence-electron chi connectivity index (χ0n) is 16.6. The van der Waals surface area contributed by atoms with Crippen LogP contribution in [0.1, 0.15) is 47.8 Å². The minimum atomic E-state index is 0.708. The van der Waals surface area contributed by atoms with Gasteiger partial charge in [-0.1, -0.05) is 13.8 Å². The molecule has 0 aliphatic rings. The summed E-state index contributed by atoms with van der Waals surface area (Å²) in [4.78, 5) is 4.34. The molecule has 138 valence electrons. The summed E-state index contributed by atoms with van der Waals surface area (Å²) in [5.41, 5.74) is 7.16. The van der Waals surface area contributed by atoms with Crippen LogP contribution < -0.4 is 10.6 Å². The highest BCUT2D eigenvalue weighted by molar-refractivity contribution is 5.79. The van der Waals surface area contributed by atoms with Crippen LogP contribution in [0, 0.1) is 13.8 Å². The molecule has 0 amide bonds. The van der Waals surface area contributed by atoms with Crippen LogP contribution in [0.4, 0.5) is 0 Å². The monoisotopic (exact) mass is 345 g/mol. The maximum absolute atomic E-state index is 4.63. The zero-order chi connectivity index (χ0) is 18.6. The van der Waals surface area contributed by atoms with Crippen LogP contribution in [0.3, 0.4) is 0 Å². The van der Waals surface area contributed by atoms with Gasteiger partial charge in [0.25, 0.3) is 0 Å². The van der Waals surface area contributed by atoms with E-state index in [2.05, 4.69) is 46.6 Å². The normalized spacial score (nSPS) is 11.9. The number of aromatic nitrogens is 4. The van der Waals surface area contributed by atoms with Gasteiger partial charge in [-0.2, -0.15) is 10.2 Å². The number of hydrogen-bond donors (Lipinski definition) is 2. The van der Waals surface area contributed by atoms with Crippen LogP contribution in [0.5, 0.6) is 0 Å². The predicted molar refractivity (Wildman–Crippen MR) is 102 cm³/mol. The lowest BCUT2D eigenvalue weighted by Gasteiger charge is -2.13. The van der Waals surface area contributed by atoms with Crippen molar-refractivity contribution in [3.63, 3.8) is 0 Å². The molecular weight excluding hydrogens is 314 g/mol. The summed E-state index contributed by atoms with van der Waals surface area (Å²) in [5.74, 6) is 0.788. The third kappa shape index (κ3) is 4.03. The molecule has 2 aromatic rings. The van der Waals surface area contributed by atoms with Crippen molar-refractivity contribution in [2.45, 2.75) is 53.6 Å². The molecule has 25 heavy (non-hydrogen) atoms. The summed E-state index contributed by atoms with van der Waals surface area (Å²) in [7, 11) is 5.78. The van der Waals surface area contributed by atoms with Gasteiger partial charge in [0.1, 0.15) is 0 Å². The number of rotatable bonds is 6. The Labute approximate surface area is 150 Å². The van der Waals surface area contributed by atoms with E-state index < -0.39 is 0 Å². The molecule has 7 heteroatoms. The molecular formula is C18H31N7. The Balaban J connectivity index is 2.04. The van der Waals surface area contributed by atoms with E-state index in [1.54, 1.807) is 7.05 Å². The van der Waals surface area contributed by atoms with E-state index in [1.807, 2.05) is 30.4 Å². The van der Waals surface area contributed by atoms with Gasteiger partial charge in [0.2, 0.25) is 0 Å². The van der Waals surface area contributed by atoms with Gasteiger partial charge in [-0.3, -0.25) is 14.4 Å². The maximum atomic E-state index is 4.63. The van der Waals surface area contributed by atoms with Crippen molar-refractivity contribution in [1.82, 2.24) is 30.2 Å². The molecule has 2 heterocycles. The molecule has 0 saturated carbocycles. The minimum Gasteiger partial charge on any atom is -0.352 e. The lowest BCUT2D eigenvalue weighted by molar-refractivity contribution is 0.702. The Hall–Kier alpha value is -2.31. The van der Waals surface area contributed by atoms with E-state index in [1.165, 1.54) is 22.5 Å². The Morgan fingerprint density at radius 2 is 1.60 bits per heavy atom. The molecule has 0 spiro atoms. The van der Waals surface area contributed by atoms with Crippen molar-refractivity contribution in [2.75, 3.05) is 7.05 Å². The highest BCUT2D eigenvalue weighted by atomic mass is 15.3. The molecule has 0 aromatic carbocycles. The van der Waals surface area contributed by atoms with Gasteiger partial charge in [0, 0.05) is 56.7 Å². The first-order valence-corrected chi connectivity index (χ1v) is 8.90. The fourth-order valence-corrected chi connectivity index (χ4v) is 3.23. The Bertz CT molecular complexity index is 752. The molecule has 7 nitrogen and oxygen atoms in total. The third-order valence-corrected chi connectivity index (χ3v) is 4.78. The number of aliphatic imine (C=N–C) groups is 1. The van der Waals surface area contributed by atoms with Gasteiger partial charge in [-0.15, -0.1) is 0 Å². The Morgan fingerprint density at radius 1 is 0.960 bits per heavy atom. The molecule has 2 N–H and O–H groups in total. The van der Waals surface area contributed by atoms with Gasteiger partial charge >= 0.3 is 0 Å². The molecule has 0 radical (unpaired) electrons. The average molecular weight is 345 g/mol. The van der Waals surface area contributed by atoms with Crippen molar-refractivity contribution in [3.05, 3.63) is 33.9 Å². The molecule has 0 aliphatic heterocycles. The highest BCUT2D eigenvalue weighted by Crippen LogP contribution is 2.15. The van der Waals surface area contributed by atoms with Gasteiger partial charge < -0.3 is 10.6 Å². The van der Waals surface area contributed by atoms with Crippen LogP contribution in [0.2, 0.25) is 0 Å². The van der Waals surface area contributed by atoms with E-state index in [0.29, 0.717) is 6.54 Å². The highest BCUT2D eigenvalue weighted by Gasteiger charge is 2.14. The van der Waals surface area contributed by atoms with Crippen LogP contribution in [-0.2, 0) is 40.0 Å². The van der Waals surface area contributed by atoms with Gasteiger partial charge in [-0.25, -0.2) is 0 Å². The molecule has 0 saturated heterocycles. The molecule has 2 aromatic heterocycles. The second-order valence-corrected chi connectivity index (χ2v) is 6.25. The first-order chi connectivity index (χ1) is 11.9. The summed E-state index contributed by atoms with van der Waals surface area (Å²) in [5, 5.41) is 15.9. The molecule has 0 unspecified atom stereocenters. The first-order valence-electron chi connectivity index (χ1n) is 8.90. The SMILES string of the molecule is CCc1nn(C)c(CC)c1CNC(=NC)NCc1c(C)nn(C)c1C. The topological polar surface area (TPSA) is 72.1 Å². The van der Waals surface area contributed by atoms with Crippen LogP contribution in [0.25, 0.3) is 0 Å². The number of nitrogens with zero attached hydrogens (tertiary/aromatic N) is 5. The van der Waals surface area contributed by atoms with Gasteiger partial charge in [0.15, 0.2) is 5.96 Å². The van der Waals surface area contributed by atoms with E-state index in [-0.39, 0.29) is 0 Å². The fraction of sp³-hybridized carbons (Fsp3) is 0.611. The molecule has 0 atom stereocenters. The average Bonchev–Trinajstić information content (AvgIpc) is 3.03. The number of guanidine groups is 1. The second-order valence-electron chi connectivity index (χ2n) is 6.25. The van der Waals surface area contributed by atoms with E-state index in [4.69, 9.17) is 0 Å². The molecule has 2 rings (SSSR count). The summed E-state index contributed by atoms with van der Waals surface area (Å²) in [6, 6.07) is 0. The standard InChI is InChI=1S/C18H31N7/c1-8-16-15(17(9-2)25(7)23-16)11-21-18(19-5)20-10-14-12(3)22-24(6)13(14)4/h8-11H2,1-7H3,(H2,19,20,21). The maximum Gasteiger partial charge on any atom is 0.191 e. The van der Waals surface area contributed by atoms with Crippen LogP contribution in [-0.4, -0.2) is 32.6 Å². The third-order valence-electron chi connectivity index (χ3n) is 4.78. The van der Waals surface area contributed by atoms with Crippen molar-refractivity contribution in [2.24, 2.45) is 19.1 Å². The first kappa shape index (κ1) is 19.0. The minimum absolute atomic E-state index is 0.708. The lowest BCUT2D eigenvalue weighted by atomic mass is 10.1. The quantitative estimate of drug-likeness (QED) is 0.618. The van der Waals surface area contributed by atoms with Crippen molar-refractivity contribution < 1.29 is 0 Å². The zero-order valence-corrected chi connectivity index (χ0v) is 16.6. The van der Waals surface area contributed by atoms with Gasteiger partial charge in [-0.05, 0) is 26.7 Å². The largest absolute Gasteiger partial charge is 0.352 e. The van der Waals surface area contributed by atoms with E-state index in [9.17, 15) is 0 Å². The number of hydrogen-bond acceptors (Lipinski definition) is 3. The van der Waals surface area contributed by atoms with Crippen LogP contribution >= 0.6 is 0 Å². The fourth-order valence-electron chi connectivity index (χ4n) is 3.23. The van der Waals surface area contributed by atoms with Crippen LogP contribution in [0.15, 0.2) is 4.99 Å². The lowest BCUT2D eigenvalue weighted by Crippen LogP contribution is -2.36. The molecule has 0 aliphatic carbocycles. The second kappa shape index (κ2) is 8.18.